The second-order valence-electron chi connectivity index (χ2n) is 9.20. The summed E-state index contributed by atoms with van der Waals surface area (Å²) in [5.74, 6) is 0.972. The Morgan fingerprint density at radius 3 is 2.49 bits per heavy atom. The summed E-state index contributed by atoms with van der Waals surface area (Å²) in [6.07, 6.45) is 0. The van der Waals surface area contributed by atoms with Crippen LogP contribution in [0.15, 0.2) is 18.2 Å². The largest absolute Gasteiger partial charge is 0.494 e. The molecule has 2 aliphatic rings. The number of anilines is 2. The van der Waals surface area contributed by atoms with Gasteiger partial charge in [-0.25, -0.2) is 9.37 Å². The normalized spacial score (nSPS) is 16.5. The fraction of sp³-hybridized carbons (Fsp3) is 0.520. The molecule has 2 aromatic rings. The average Bonchev–Trinajstić information content (AvgIpc) is 3.16. The number of nitrogens with zero attached hydrogens (tertiary/aromatic N) is 5. The summed E-state index contributed by atoms with van der Waals surface area (Å²) in [7, 11) is 0. The van der Waals surface area contributed by atoms with Crippen LogP contribution in [0.2, 0.25) is 0 Å². The molecule has 1 N–H and O–H groups in total. The number of aromatic nitrogens is 2. The van der Waals surface area contributed by atoms with E-state index in [2.05, 4.69) is 10.3 Å². The second-order valence-corrected chi connectivity index (χ2v) is 9.20. The number of ether oxygens (including phenoxy) is 1. The van der Waals surface area contributed by atoms with Crippen molar-refractivity contribution in [3.05, 3.63) is 40.8 Å². The zero-order chi connectivity index (χ0) is 25.3. The van der Waals surface area contributed by atoms with E-state index in [1.54, 1.807) is 28.9 Å². The molecule has 1 aromatic heterocycles. The molecule has 35 heavy (non-hydrogen) atoms. The lowest BCUT2D eigenvalue weighted by molar-refractivity contribution is -0.129. The van der Waals surface area contributed by atoms with Gasteiger partial charge in [-0.05, 0) is 33.8 Å². The van der Waals surface area contributed by atoms with Crippen molar-refractivity contribution < 1.29 is 18.7 Å². The average molecular weight is 485 g/mol. The number of fused-ring (bicyclic) bond motifs is 1. The van der Waals surface area contributed by atoms with Crippen molar-refractivity contribution in [1.82, 2.24) is 19.8 Å². The first kappa shape index (κ1) is 24.7. The predicted octanol–water partition coefficient (Wildman–Crippen LogP) is 3.22. The zero-order valence-electron chi connectivity index (χ0n) is 21.0. The van der Waals surface area contributed by atoms with Crippen molar-refractivity contribution in [2.45, 2.75) is 53.2 Å². The summed E-state index contributed by atoms with van der Waals surface area (Å²) in [5, 5.41) is 3.34. The Morgan fingerprint density at radius 2 is 1.89 bits per heavy atom. The first-order chi connectivity index (χ1) is 16.7. The molecule has 0 bridgehead atoms. The minimum absolute atomic E-state index is 0.00749. The van der Waals surface area contributed by atoms with Gasteiger partial charge < -0.3 is 24.8 Å². The Balaban J connectivity index is 1.65. The van der Waals surface area contributed by atoms with E-state index in [0.717, 1.165) is 0 Å². The van der Waals surface area contributed by atoms with Gasteiger partial charge in [0.05, 0.1) is 19.2 Å². The molecule has 10 heteroatoms. The molecule has 2 aliphatic heterocycles. The molecule has 0 aliphatic carbocycles. The minimum Gasteiger partial charge on any atom is -0.494 e. The zero-order valence-corrected chi connectivity index (χ0v) is 21.0. The van der Waals surface area contributed by atoms with Crippen LogP contribution in [0.4, 0.5) is 16.2 Å². The van der Waals surface area contributed by atoms with E-state index < -0.39 is 6.04 Å². The third-order valence-corrected chi connectivity index (χ3v) is 6.52. The van der Waals surface area contributed by atoms with Gasteiger partial charge in [0.2, 0.25) is 11.9 Å². The van der Waals surface area contributed by atoms with Crippen LogP contribution in [0.1, 0.15) is 62.3 Å². The van der Waals surface area contributed by atoms with Gasteiger partial charge in [-0.1, -0.05) is 6.07 Å². The number of benzene rings is 1. The van der Waals surface area contributed by atoms with Crippen molar-refractivity contribution in [2.24, 2.45) is 0 Å². The quantitative estimate of drug-likeness (QED) is 0.645. The number of amides is 2. The molecule has 1 aromatic carbocycles. The molecule has 0 radical (unpaired) electrons. The number of carbonyl (C=O) groups excluding carboxylic acids is 2. The lowest BCUT2D eigenvalue weighted by Gasteiger charge is -2.34. The summed E-state index contributed by atoms with van der Waals surface area (Å²) in [4.78, 5) is 39.8. The third kappa shape index (κ3) is 5.01. The monoisotopic (exact) mass is 484 g/mol. The van der Waals surface area contributed by atoms with Gasteiger partial charge in [-0.2, -0.15) is 4.98 Å². The molecule has 1 atom stereocenters. The smallest absolute Gasteiger partial charge is 0.273 e. The molecule has 0 saturated carbocycles. The highest BCUT2D eigenvalue weighted by Gasteiger charge is 2.35. The number of hydrogen-bond donors (Lipinski definition) is 1. The highest BCUT2D eigenvalue weighted by molar-refractivity contribution is 5.98. The fourth-order valence-corrected chi connectivity index (χ4v) is 4.47. The van der Waals surface area contributed by atoms with Gasteiger partial charge in [-0.15, -0.1) is 0 Å². The topological polar surface area (TPSA) is 90.9 Å². The van der Waals surface area contributed by atoms with Crippen molar-refractivity contribution in [3.63, 3.8) is 0 Å². The van der Waals surface area contributed by atoms with Gasteiger partial charge in [0.15, 0.2) is 0 Å². The molecule has 0 unspecified atom stereocenters. The molecule has 188 valence electrons. The van der Waals surface area contributed by atoms with E-state index in [4.69, 9.17) is 9.72 Å². The first-order valence-electron chi connectivity index (χ1n) is 12.1. The number of carbonyl (C=O) groups is 2. The van der Waals surface area contributed by atoms with Crippen LogP contribution in [0.3, 0.4) is 0 Å². The van der Waals surface area contributed by atoms with Crippen molar-refractivity contribution in [1.29, 1.82) is 0 Å². The van der Waals surface area contributed by atoms with E-state index in [1.165, 1.54) is 6.07 Å². The van der Waals surface area contributed by atoms with Crippen LogP contribution >= 0.6 is 0 Å². The molecule has 0 spiro atoms. The van der Waals surface area contributed by atoms with Crippen molar-refractivity contribution in [2.75, 3.05) is 43.0 Å². The Labute approximate surface area is 205 Å². The van der Waals surface area contributed by atoms with Gasteiger partial charge >= 0.3 is 0 Å². The van der Waals surface area contributed by atoms with E-state index in [9.17, 15) is 14.0 Å². The van der Waals surface area contributed by atoms with Gasteiger partial charge in [0.25, 0.3) is 5.91 Å². The molecular formula is C25H33FN6O3. The molecular weight excluding hydrogens is 451 g/mol. The molecule has 1 fully saturated rings. The summed E-state index contributed by atoms with van der Waals surface area (Å²) in [6.45, 7) is 12.3. The summed E-state index contributed by atoms with van der Waals surface area (Å²) >= 11 is 0. The molecule has 2 amide bonds. The van der Waals surface area contributed by atoms with Crippen molar-refractivity contribution >= 4 is 23.6 Å². The number of hydrogen-bond acceptors (Lipinski definition) is 7. The lowest BCUT2D eigenvalue weighted by atomic mass is 10.1. The molecule has 9 nitrogen and oxygen atoms in total. The number of nitrogens with one attached hydrogen (secondary N) is 1. The number of halogens is 1. The third-order valence-electron chi connectivity index (χ3n) is 6.52. The van der Waals surface area contributed by atoms with Crippen LogP contribution in [0.25, 0.3) is 0 Å². The van der Waals surface area contributed by atoms with E-state index in [-0.39, 0.29) is 23.7 Å². The maximum absolute atomic E-state index is 14.8. The number of rotatable bonds is 7. The SMILES string of the molecule is CCOc1ccc([C@@H](C)Nc2nc(N3CCN(C(C)=O)CC3)nc3c2CN(C(C)C)C3=O)c(F)c1. The lowest BCUT2D eigenvalue weighted by Crippen LogP contribution is -2.48. The van der Waals surface area contributed by atoms with Gasteiger partial charge in [-0.3, -0.25) is 9.59 Å². The molecule has 1 saturated heterocycles. The Hall–Kier alpha value is -3.43. The molecule has 4 rings (SSSR count). The second kappa shape index (κ2) is 10.1. The summed E-state index contributed by atoms with van der Waals surface area (Å²) in [6, 6.07) is 4.43. The van der Waals surface area contributed by atoms with Crippen LogP contribution in [-0.4, -0.2) is 70.4 Å². The Bertz CT molecular complexity index is 1120. The van der Waals surface area contributed by atoms with Crippen molar-refractivity contribution in [3.8, 4) is 5.75 Å². The molecule has 3 heterocycles. The maximum atomic E-state index is 14.8. The Kier molecular flexibility index (Phi) is 7.09. The summed E-state index contributed by atoms with van der Waals surface area (Å²) in [5.41, 5.74) is 1.56. The maximum Gasteiger partial charge on any atom is 0.273 e. The van der Waals surface area contributed by atoms with Gasteiger partial charge in [0.1, 0.15) is 23.1 Å². The Morgan fingerprint density at radius 1 is 1.17 bits per heavy atom. The minimum atomic E-state index is -0.407. The van der Waals surface area contributed by atoms with E-state index in [0.29, 0.717) is 73.7 Å². The fourth-order valence-electron chi connectivity index (χ4n) is 4.47. The predicted molar refractivity (Wildman–Crippen MR) is 131 cm³/mol. The van der Waals surface area contributed by atoms with Crippen LogP contribution in [0.5, 0.6) is 5.75 Å². The van der Waals surface area contributed by atoms with Crippen LogP contribution < -0.4 is 15.0 Å². The van der Waals surface area contributed by atoms with E-state index in [1.807, 2.05) is 32.6 Å². The van der Waals surface area contributed by atoms with Crippen LogP contribution in [0, 0.1) is 5.82 Å². The first-order valence-corrected chi connectivity index (χ1v) is 12.1. The van der Waals surface area contributed by atoms with Crippen LogP contribution in [-0.2, 0) is 11.3 Å². The van der Waals surface area contributed by atoms with Gasteiger partial charge in [0, 0.05) is 56.3 Å². The summed E-state index contributed by atoms with van der Waals surface area (Å²) < 4.78 is 20.2. The number of piperazine rings is 1. The van der Waals surface area contributed by atoms with E-state index >= 15 is 0 Å². The highest BCUT2D eigenvalue weighted by atomic mass is 19.1. The highest BCUT2D eigenvalue weighted by Crippen LogP contribution is 2.33. The standard InChI is InChI=1S/C25H33FN6O3/c1-6-35-18-7-8-19(21(26)13-18)16(4)27-23-20-14-32(15(2)3)24(34)22(20)28-25(29-23)31-11-9-30(10-12-31)17(5)33/h7-8,13,15-16H,6,9-12,14H2,1-5H3,(H,27,28,29)/t16-/m1/s1.